The van der Waals surface area contributed by atoms with E-state index < -0.39 is 0 Å². The van der Waals surface area contributed by atoms with Crippen LogP contribution in [0.4, 0.5) is 0 Å². The molecule has 0 saturated carbocycles. The van der Waals surface area contributed by atoms with Gasteiger partial charge in [0.05, 0.1) is 18.0 Å². The standard InChI is InChI=1S/C12H13ClN2OS/c1-16-10-5-6-17-12(10)11(15-14)8-3-2-4-9(13)7-8/h2-7,11,15H,14H2,1H3. The van der Waals surface area contributed by atoms with Gasteiger partial charge in [0.1, 0.15) is 5.75 Å². The normalized spacial score (nSPS) is 12.4. The van der Waals surface area contributed by atoms with Gasteiger partial charge in [-0.25, -0.2) is 5.43 Å². The molecule has 0 spiro atoms. The molecule has 3 nitrogen and oxygen atoms in total. The largest absolute Gasteiger partial charge is 0.496 e. The molecule has 0 aliphatic rings. The van der Waals surface area contributed by atoms with Gasteiger partial charge in [-0.05, 0) is 29.1 Å². The van der Waals surface area contributed by atoms with Gasteiger partial charge in [0, 0.05) is 5.02 Å². The lowest BCUT2D eigenvalue weighted by Crippen LogP contribution is -2.28. The Balaban J connectivity index is 2.40. The van der Waals surface area contributed by atoms with E-state index in [4.69, 9.17) is 22.2 Å². The highest BCUT2D eigenvalue weighted by atomic mass is 35.5. The third-order valence-electron chi connectivity index (χ3n) is 2.49. The van der Waals surface area contributed by atoms with Crippen LogP contribution in [0.1, 0.15) is 16.5 Å². The molecule has 3 N–H and O–H groups in total. The highest BCUT2D eigenvalue weighted by Gasteiger charge is 2.18. The molecule has 0 amide bonds. The van der Waals surface area contributed by atoms with Crippen molar-refractivity contribution < 1.29 is 4.74 Å². The predicted molar refractivity (Wildman–Crippen MR) is 71.5 cm³/mol. The van der Waals surface area contributed by atoms with Crippen LogP contribution in [0.15, 0.2) is 35.7 Å². The van der Waals surface area contributed by atoms with Gasteiger partial charge in [-0.3, -0.25) is 5.84 Å². The van der Waals surface area contributed by atoms with Crippen molar-refractivity contribution in [1.29, 1.82) is 0 Å². The van der Waals surface area contributed by atoms with Gasteiger partial charge in [-0.2, -0.15) is 0 Å². The zero-order valence-corrected chi connectivity index (χ0v) is 10.9. The van der Waals surface area contributed by atoms with Crippen molar-refractivity contribution in [3.8, 4) is 5.75 Å². The third kappa shape index (κ3) is 2.61. The van der Waals surface area contributed by atoms with Gasteiger partial charge in [-0.1, -0.05) is 23.7 Å². The molecule has 0 bridgehead atoms. The molecule has 1 unspecified atom stereocenters. The van der Waals surface area contributed by atoms with Crippen LogP contribution in [0, 0.1) is 0 Å². The summed E-state index contributed by atoms with van der Waals surface area (Å²) in [6.45, 7) is 0. The van der Waals surface area contributed by atoms with E-state index in [0.717, 1.165) is 16.2 Å². The number of hydrogen-bond donors (Lipinski definition) is 2. The molecule has 1 atom stereocenters. The van der Waals surface area contributed by atoms with Gasteiger partial charge in [-0.15, -0.1) is 11.3 Å². The first-order chi connectivity index (χ1) is 8.26. The van der Waals surface area contributed by atoms with Crippen molar-refractivity contribution >= 4 is 22.9 Å². The lowest BCUT2D eigenvalue weighted by molar-refractivity contribution is 0.408. The number of rotatable bonds is 4. The minimum Gasteiger partial charge on any atom is -0.496 e. The second kappa shape index (κ2) is 5.51. The van der Waals surface area contributed by atoms with Crippen molar-refractivity contribution in [3.63, 3.8) is 0 Å². The number of hydrogen-bond acceptors (Lipinski definition) is 4. The molecule has 0 saturated heterocycles. The van der Waals surface area contributed by atoms with E-state index in [0.29, 0.717) is 5.02 Å². The first-order valence-electron chi connectivity index (χ1n) is 5.09. The summed E-state index contributed by atoms with van der Waals surface area (Å²) in [5.74, 6) is 6.46. The predicted octanol–water partition coefficient (Wildman–Crippen LogP) is 2.96. The van der Waals surface area contributed by atoms with Gasteiger partial charge < -0.3 is 4.74 Å². The van der Waals surface area contributed by atoms with E-state index >= 15 is 0 Å². The molecule has 1 aromatic carbocycles. The maximum atomic E-state index is 5.98. The van der Waals surface area contributed by atoms with Crippen molar-refractivity contribution in [2.75, 3.05) is 7.11 Å². The molecular weight excluding hydrogens is 256 g/mol. The molecule has 0 radical (unpaired) electrons. The molecule has 1 heterocycles. The highest BCUT2D eigenvalue weighted by Crippen LogP contribution is 2.34. The number of thiophene rings is 1. The zero-order chi connectivity index (χ0) is 12.3. The number of benzene rings is 1. The van der Waals surface area contributed by atoms with Gasteiger partial charge in [0.15, 0.2) is 0 Å². The fourth-order valence-corrected chi connectivity index (χ4v) is 2.84. The Hall–Kier alpha value is -1.07. The summed E-state index contributed by atoms with van der Waals surface area (Å²) in [5.41, 5.74) is 3.81. The maximum Gasteiger partial charge on any atom is 0.134 e. The van der Waals surface area contributed by atoms with Crippen molar-refractivity contribution in [2.45, 2.75) is 6.04 Å². The number of methoxy groups -OCH3 is 1. The summed E-state index contributed by atoms with van der Waals surface area (Å²) >= 11 is 7.58. The molecule has 2 aromatic rings. The van der Waals surface area contributed by atoms with Crippen LogP contribution in [0.25, 0.3) is 0 Å². The van der Waals surface area contributed by atoms with E-state index in [1.165, 1.54) is 0 Å². The van der Waals surface area contributed by atoms with E-state index in [1.807, 2.05) is 35.7 Å². The van der Waals surface area contributed by atoms with Crippen LogP contribution in [0.3, 0.4) is 0 Å². The van der Waals surface area contributed by atoms with Gasteiger partial charge in [0.2, 0.25) is 0 Å². The van der Waals surface area contributed by atoms with Crippen LogP contribution < -0.4 is 16.0 Å². The minimum absolute atomic E-state index is 0.108. The van der Waals surface area contributed by atoms with E-state index in [9.17, 15) is 0 Å². The smallest absolute Gasteiger partial charge is 0.134 e. The Morgan fingerprint density at radius 2 is 2.24 bits per heavy atom. The van der Waals surface area contributed by atoms with Crippen LogP contribution in [-0.4, -0.2) is 7.11 Å². The summed E-state index contributed by atoms with van der Waals surface area (Å²) in [5, 5.41) is 2.67. The van der Waals surface area contributed by atoms with Crippen molar-refractivity contribution in [3.05, 3.63) is 51.2 Å². The lowest BCUT2D eigenvalue weighted by Gasteiger charge is -2.16. The van der Waals surface area contributed by atoms with Crippen molar-refractivity contribution in [1.82, 2.24) is 5.43 Å². The first-order valence-corrected chi connectivity index (χ1v) is 6.35. The second-order valence-electron chi connectivity index (χ2n) is 3.51. The number of hydrazine groups is 1. The molecule has 5 heteroatoms. The Morgan fingerprint density at radius 3 is 2.88 bits per heavy atom. The fraction of sp³-hybridized carbons (Fsp3) is 0.167. The summed E-state index contributed by atoms with van der Waals surface area (Å²) in [6.07, 6.45) is 0. The summed E-state index contributed by atoms with van der Waals surface area (Å²) < 4.78 is 5.30. The van der Waals surface area contributed by atoms with Crippen LogP contribution in [0.2, 0.25) is 5.02 Å². The molecule has 1 aromatic heterocycles. The molecule has 0 aliphatic carbocycles. The molecule has 0 fully saturated rings. The topological polar surface area (TPSA) is 47.3 Å². The Kier molecular flexibility index (Phi) is 4.02. The molecular formula is C12H13ClN2OS. The van der Waals surface area contributed by atoms with Crippen LogP contribution in [0.5, 0.6) is 5.75 Å². The van der Waals surface area contributed by atoms with E-state index in [1.54, 1.807) is 18.4 Å². The first kappa shape index (κ1) is 12.4. The average Bonchev–Trinajstić information content (AvgIpc) is 2.78. The Bertz CT molecular complexity index is 501. The zero-order valence-electron chi connectivity index (χ0n) is 9.31. The molecule has 0 aliphatic heterocycles. The summed E-state index contributed by atoms with van der Waals surface area (Å²) in [4.78, 5) is 1.04. The monoisotopic (exact) mass is 268 g/mol. The second-order valence-corrected chi connectivity index (χ2v) is 4.89. The van der Waals surface area contributed by atoms with Crippen LogP contribution in [-0.2, 0) is 0 Å². The average molecular weight is 269 g/mol. The fourth-order valence-electron chi connectivity index (χ4n) is 1.70. The lowest BCUT2D eigenvalue weighted by atomic mass is 10.1. The number of nitrogens with one attached hydrogen (secondary N) is 1. The molecule has 2 rings (SSSR count). The Labute approximate surface area is 109 Å². The van der Waals surface area contributed by atoms with Gasteiger partial charge >= 0.3 is 0 Å². The van der Waals surface area contributed by atoms with E-state index in [-0.39, 0.29) is 6.04 Å². The highest BCUT2D eigenvalue weighted by molar-refractivity contribution is 7.10. The number of nitrogens with two attached hydrogens (primary N) is 1. The molecule has 17 heavy (non-hydrogen) atoms. The minimum atomic E-state index is -0.108. The third-order valence-corrected chi connectivity index (χ3v) is 3.69. The SMILES string of the molecule is COc1ccsc1C(NN)c1cccc(Cl)c1. The number of ether oxygens (including phenoxy) is 1. The quantitative estimate of drug-likeness (QED) is 0.662. The van der Waals surface area contributed by atoms with Crippen molar-refractivity contribution in [2.24, 2.45) is 5.84 Å². The maximum absolute atomic E-state index is 5.98. The summed E-state index contributed by atoms with van der Waals surface area (Å²) in [6, 6.07) is 9.44. The summed E-state index contributed by atoms with van der Waals surface area (Å²) in [7, 11) is 1.65. The van der Waals surface area contributed by atoms with Crippen LogP contribution >= 0.6 is 22.9 Å². The Morgan fingerprint density at radius 1 is 1.41 bits per heavy atom. The van der Waals surface area contributed by atoms with E-state index in [2.05, 4.69) is 5.43 Å². The van der Waals surface area contributed by atoms with Gasteiger partial charge in [0.25, 0.3) is 0 Å². The number of halogens is 1. The molecule has 90 valence electrons.